The molecule has 9 heteroatoms. The lowest BCUT2D eigenvalue weighted by Crippen LogP contribution is -2.42. The number of nitrogens with one attached hydrogen (secondary N) is 1. The van der Waals surface area contributed by atoms with E-state index in [-0.39, 0.29) is 47.0 Å². The van der Waals surface area contributed by atoms with Gasteiger partial charge in [-0.05, 0) is 75.0 Å². The number of ether oxygens (including phenoxy) is 1. The van der Waals surface area contributed by atoms with E-state index in [1.165, 1.54) is 6.07 Å². The van der Waals surface area contributed by atoms with Crippen LogP contribution in [0.3, 0.4) is 0 Å². The maximum absolute atomic E-state index is 14.3. The third-order valence-electron chi connectivity index (χ3n) is 7.37. The third-order valence-corrected chi connectivity index (χ3v) is 9.35. The molecule has 2 aliphatic heterocycles. The average Bonchev–Trinajstić information content (AvgIpc) is 3.50. The van der Waals surface area contributed by atoms with Crippen LogP contribution in [0.4, 0.5) is 4.39 Å². The van der Waals surface area contributed by atoms with Crippen LogP contribution in [0.25, 0.3) is 0 Å². The summed E-state index contributed by atoms with van der Waals surface area (Å²) in [5, 5.41) is 2.33. The van der Waals surface area contributed by atoms with Gasteiger partial charge in [-0.3, -0.25) is 14.9 Å². The van der Waals surface area contributed by atoms with E-state index in [2.05, 4.69) is 5.32 Å². The smallest absolute Gasteiger partial charge is 0.229 e. The molecule has 2 amide bonds. The van der Waals surface area contributed by atoms with Crippen LogP contribution in [0.2, 0.25) is 0 Å². The number of hydrogen-bond donors (Lipinski definition) is 1. The molecule has 7 nitrogen and oxygen atoms in total. The van der Waals surface area contributed by atoms with Gasteiger partial charge in [-0.25, -0.2) is 12.8 Å². The SMILES string of the molecule is CC[C@H](c1ccc(F)c(OCC2CC2)c1)C1CCCN1S(=O)(=O)CCCC1CCC(=O)NC1=O. The number of halogens is 1. The lowest BCUT2D eigenvalue weighted by molar-refractivity contribution is -0.136. The number of rotatable bonds is 11. The van der Waals surface area contributed by atoms with Crippen molar-refractivity contribution >= 4 is 21.8 Å². The minimum Gasteiger partial charge on any atom is -0.490 e. The van der Waals surface area contributed by atoms with Gasteiger partial charge in [0.05, 0.1) is 12.4 Å². The molecule has 1 aromatic carbocycles. The quantitative estimate of drug-likeness (QED) is 0.473. The van der Waals surface area contributed by atoms with Crippen LogP contribution in [-0.4, -0.2) is 49.5 Å². The van der Waals surface area contributed by atoms with Gasteiger partial charge >= 0.3 is 0 Å². The second kappa shape index (κ2) is 10.7. The largest absolute Gasteiger partial charge is 0.490 e. The van der Waals surface area contributed by atoms with Crippen LogP contribution in [0.5, 0.6) is 5.75 Å². The Morgan fingerprint density at radius 1 is 1.21 bits per heavy atom. The fraction of sp³-hybridized carbons (Fsp3) is 0.680. The van der Waals surface area contributed by atoms with Crippen molar-refractivity contribution in [3.8, 4) is 5.75 Å². The molecule has 3 aliphatic rings. The second-order valence-corrected chi connectivity index (χ2v) is 11.9. The summed E-state index contributed by atoms with van der Waals surface area (Å²) in [6.07, 6.45) is 6.15. The van der Waals surface area contributed by atoms with Crippen molar-refractivity contribution in [3.05, 3.63) is 29.6 Å². The van der Waals surface area contributed by atoms with Crippen LogP contribution < -0.4 is 10.1 Å². The molecule has 0 radical (unpaired) electrons. The zero-order chi connectivity index (χ0) is 24.3. The fourth-order valence-corrected chi connectivity index (χ4v) is 7.08. The van der Waals surface area contributed by atoms with Gasteiger partial charge in [0.1, 0.15) is 0 Å². The number of hydrogen-bond acceptors (Lipinski definition) is 5. The van der Waals surface area contributed by atoms with Gasteiger partial charge in [-0.2, -0.15) is 4.31 Å². The van der Waals surface area contributed by atoms with E-state index in [0.29, 0.717) is 44.8 Å². The summed E-state index contributed by atoms with van der Waals surface area (Å²) in [6.45, 7) is 3.03. The molecule has 4 rings (SSSR count). The van der Waals surface area contributed by atoms with Gasteiger partial charge < -0.3 is 4.74 Å². The molecule has 3 atom stereocenters. The number of amides is 2. The van der Waals surface area contributed by atoms with Crippen LogP contribution in [0, 0.1) is 17.7 Å². The Morgan fingerprint density at radius 3 is 2.71 bits per heavy atom. The molecule has 2 unspecified atom stereocenters. The zero-order valence-corrected chi connectivity index (χ0v) is 20.6. The highest BCUT2D eigenvalue weighted by Gasteiger charge is 2.39. The molecular weight excluding hydrogens is 459 g/mol. The molecule has 1 N–H and O–H groups in total. The molecule has 0 aromatic heterocycles. The molecule has 0 bridgehead atoms. The minimum absolute atomic E-state index is 0.0170. The van der Waals surface area contributed by atoms with Crippen molar-refractivity contribution in [2.75, 3.05) is 18.9 Å². The van der Waals surface area contributed by atoms with Crippen molar-refractivity contribution in [2.45, 2.75) is 76.7 Å². The monoisotopic (exact) mass is 494 g/mol. The van der Waals surface area contributed by atoms with Crippen molar-refractivity contribution < 1.29 is 27.1 Å². The summed E-state index contributed by atoms with van der Waals surface area (Å²) in [6, 6.07) is 4.75. The van der Waals surface area contributed by atoms with Crippen LogP contribution >= 0.6 is 0 Å². The van der Waals surface area contributed by atoms with E-state index >= 15 is 0 Å². The summed E-state index contributed by atoms with van der Waals surface area (Å²) >= 11 is 0. The van der Waals surface area contributed by atoms with Gasteiger partial charge in [0.2, 0.25) is 21.8 Å². The van der Waals surface area contributed by atoms with Crippen molar-refractivity contribution in [3.63, 3.8) is 0 Å². The predicted molar refractivity (Wildman–Crippen MR) is 126 cm³/mol. The molecule has 1 aliphatic carbocycles. The van der Waals surface area contributed by atoms with E-state index < -0.39 is 10.0 Å². The molecule has 3 fully saturated rings. The first-order chi connectivity index (χ1) is 16.3. The summed E-state index contributed by atoms with van der Waals surface area (Å²) < 4.78 is 48.2. The molecule has 2 heterocycles. The maximum atomic E-state index is 14.3. The van der Waals surface area contributed by atoms with Crippen LogP contribution in [-0.2, 0) is 19.6 Å². The minimum atomic E-state index is -3.50. The van der Waals surface area contributed by atoms with E-state index in [0.717, 1.165) is 37.7 Å². The van der Waals surface area contributed by atoms with Crippen molar-refractivity contribution in [1.29, 1.82) is 0 Å². The molecule has 2 saturated heterocycles. The summed E-state index contributed by atoms with van der Waals surface area (Å²) in [4.78, 5) is 23.3. The topological polar surface area (TPSA) is 92.8 Å². The number of nitrogens with zero attached hydrogens (tertiary/aromatic N) is 1. The number of carbonyl (C=O) groups is 2. The molecular formula is C25H35FN2O5S. The van der Waals surface area contributed by atoms with E-state index in [4.69, 9.17) is 4.74 Å². The summed E-state index contributed by atoms with van der Waals surface area (Å²) in [7, 11) is -3.50. The molecule has 0 spiro atoms. The van der Waals surface area contributed by atoms with Gasteiger partial charge in [-0.15, -0.1) is 0 Å². The Balaban J connectivity index is 1.41. The molecule has 188 valence electrons. The normalized spacial score (nSPS) is 24.8. The maximum Gasteiger partial charge on any atom is 0.229 e. The molecule has 1 aromatic rings. The fourth-order valence-electron chi connectivity index (χ4n) is 5.24. The second-order valence-electron chi connectivity index (χ2n) is 9.89. The van der Waals surface area contributed by atoms with E-state index in [1.807, 2.05) is 6.92 Å². The Morgan fingerprint density at radius 2 is 2.00 bits per heavy atom. The number of sulfonamides is 1. The van der Waals surface area contributed by atoms with Crippen molar-refractivity contribution in [1.82, 2.24) is 9.62 Å². The number of imide groups is 1. The standard InChI is InChI=1S/C25H35FN2O5S/c1-2-20(19-9-11-21(26)23(15-19)33-16-17-7-8-17)22-6-3-13-28(22)34(31,32)14-4-5-18-10-12-24(29)27-25(18)30/h9,11,15,17-18,20,22H,2-8,10,12-14,16H2,1H3,(H,27,29,30)/t18?,20-,22?/m1/s1. The van der Waals surface area contributed by atoms with Crippen LogP contribution in [0.15, 0.2) is 18.2 Å². The molecule has 34 heavy (non-hydrogen) atoms. The number of piperidine rings is 1. The summed E-state index contributed by atoms with van der Waals surface area (Å²) in [5.41, 5.74) is 0.908. The lowest BCUT2D eigenvalue weighted by atomic mass is 9.88. The van der Waals surface area contributed by atoms with E-state index in [1.54, 1.807) is 16.4 Å². The first kappa shape index (κ1) is 25.1. The van der Waals surface area contributed by atoms with E-state index in [9.17, 15) is 22.4 Å². The Bertz CT molecular complexity index is 1010. The highest BCUT2D eigenvalue weighted by molar-refractivity contribution is 7.89. The summed E-state index contributed by atoms with van der Waals surface area (Å²) in [5.74, 6) is -0.549. The first-order valence-corrected chi connectivity index (χ1v) is 14.1. The van der Waals surface area contributed by atoms with Gasteiger partial charge in [0, 0.05) is 30.8 Å². The number of benzene rings is 1. The highest BCUT2D eigenvalue weighted by atomic mass is 32.2. The number of carbonyl (C=O) groups excluding carboxylic acids is 2. The lowest BCUT2D eigenvalue weighted by Gasteiger charge is -2.31. The zero-order valence-electron chi connectivity index (χ0n) is 19.8. The Hall–Kier alpha value is -2.00. The van der Waals surface area contributed by atoms with Crippen molar-refractivity contribution in [2.24, 2.45) is 11.8 Å². The van der Waals surface area contributed by atoms with Crippen LogP contribution in [0.1, 0.15) is 76.2 Å². The highest BCUT2D eigenvalue weighted by Crippen LogP contribution is 2.38. The average molecular weight is 495 g/mol. The van der Waals surface area contributed by atoms with Gasteiger partial charge in [0.25, 0.3) is 0 Å². The van der Waals surface area contributed by atoms with Gasteiger partial charge in [0.15, 0.2) is 11.6 Å². The Kier molecular flexibility index (Phi) is 7.92. The first-order valence-electron chi connectivity index (χ1n) is 12.5. The van der Waals surface area contributed by atoms with Gasteiger partial charge in [-0.1, -0.05) is 13.0 Å². The molecule has 1 saturated carbocycles. The Labute approximate surface area is 201 Å². The predicted octanol–water partition coefficient (Wildman–Crippen LogP) is 3.74. The third kappa shape index (κ3) is 5.97.